The minimum absolute atomic E-state index is 0.214. The summed E-state index contributed by atoms with van der Waals surface area (Å²) in [6, 6.07) is 4.91. The highest BCUT2D eigenvalue weighted by Gasteiger charge is 2.43. The summed E-state index contributed by atoms with van der Waals surface area (Å²) in [6.07, 6.45) is -8.44. The fourth-order valence-electron chi connectivity index (χ4n) is 1.48. The number of carbonyl (C=O) groups is 1. The quantitative estimate of drug-likeness (QED) is 0.774. The van der Waals surface area contributed by atoms with Crippen molar-refractivity contribution >= 4 is 11.6 Å². The summed E-state index contributed by atoms with van der Waals surface area (Å²) in [5.41, 5.74) is 0.475. The molecule has 0 spiro atoms. The average Bonchev–Trinajstić information content (AvgIpc) is 2.31. The number of carbonyl (C=O) groups excluding carboxylic acids is 1. The third kappa shape index (κ3) is 3.84. The number of ether oxygens (including phenoxy) is 1. The van der Waals surface area contributed by atoms with Crippen molar-refractivity contribution in [1.82, 2.24) is 0 Å². The van der Waals surface area contributed by atoms with Gasteiger partial charge < -0.3 is 9.64 Å². The van der Waals surface area contributed by atoms with E-state index < -0.39 is 18.3 Å². The predicted octanol–water partition coefficient (Wildman–Crippen LogP) is 3.30. The summed E-state index contributed by atoms with van der Waals surface area (Å²) >= 11 is 0. The van der Waals surface area contributed by atoms with E-state index in [1.165, 1.54) is 24.0 Å². The van der Waals surface area contributed by atoms with Gasteiger partial charge in [0.2, 0.25) is 5.91 Å². The molecule has 0 unspecified atom stereocenters. The molecule has 0 atom stereocenters. The summed E-state index contributed by atoms with van der Waals surface area (Å²) in [7, 11) is 0. The Morgan fingerprint density at radius 1 is 1.32 bits per heavy atom. The van der Waals surface area contributed by atoms with Gasteiger partial charge in [-0.1, -0.05) is 0 Å². The van der Waals surface area contributed by atoms with Gasteiger partial charge in [-0.2, -0.15) is 17.6 Å². The largest absolute Gasteiger partial charge is 0.461 e. The van der Waals surface area contributed by atoms with Crippen LogP contribution in [-0.2, 0) is 4.79 Å². The van der Waals surface area contributed by atoms with Crippen LogP contribution in [0.2, 0.25) is 0 Å². The molecule has 1 amide bonds. The summed E-state index contributed by atoms with van der Waals surface area (Å²) < 4.78 is 53.1. The molecule has 0 aromatic heterocycles. The molecule has 7 heteroatoms. The van der Waals surface area contributed by atoms with Crippen molar-refractivity contribution in [2.45, 2.75) is 26.4 Å². The molecule has 19 heavy (non-hydrogen) atoms. The minimum atomic E-state index is -4.54. The maximum absolute atomic E-state index is 12.6. The number of nitrogens with zero attached hydrogens (tertiary/aromatic N) is 1. The van der Waals surface area contributed by atoms with Crippen LogP contribution >= 0.6 is 0 Å². The number of amides is 1. The number of hydrogen-bond acceptors (Lipinski definition) is 2. The van der Waals surface area contributed by atoms with Crippen LogP contribution in [0.25, 0.3) is 0 Å². The van der Waals surface area contributed by atoms with E-state index in [0.29, 0.717) is 12.2 Å². The number of anilines is 1. The Morgan fingerprint density at radius 3 is 2.21 bits per heavy atom. The summed E-state index contributed by atoms with van der Waals surface area (Å²) in [4.78, 5) is 12.7. The van der Waals surface area contributed by atoms with Crippen LogP contribution in [0, 0.1) is 0 Å². The first-order valence-electron chi connectivity index (χ1n) is 5.51. The predicted molar refractivity (Wildman–Crippen MR) is 61.7 cm³/mol. The summed E-state index contributed by atoms with van der Waals surface area (Å²) in [6.45, 7) is 3.51. The molecule has 0 saturated carbocycles. The van der Waals surface area contributed by atoms with Gasteiger partial charge in [-0.3, -0.25) is 4.79 Å². The van der Waals surface area contributed by atoms with Crippen molar-refractivity contribution < 1.29 is 27.1 Å². The molecule has 0 saturated heterocycles. The lowest BCUT2D eigenvalue weighted by atomic mass is 10.2. The fraction of sp³-hybridized carbons (Fsp3) is 0.417. The first kappa shape index (κ1) is 15.3. The second-order valence-corrected chi connectivity index (χ2v) is 3.72. The maximum atomic E-state index is 12.6. The molecule has 0 radical (unpaired) electrons. The number of benzene rings is 1. The molecule has 1 aromatic rings. The molecule has 0 aliphatic carbocycles. The van der Waals surface area contributed by atoms with Gasteiger partial charge in [-0.25, -0.2) is 0 Å². The van der Waals surface area contributed by atoms with Crippen molar-refractivity contribution in [2.75, 3.05) is 11.4 Å². The Hall–Kier alpha value is -1.79. The Balaban J connectivity index is 2.85. The lowest BCUT2D eigenvalue weighted by Gasteiger charge is -2.20. The van der Waals surface area contributed by atoms with Crippen LogP contribution < -0.4 is 9.64 Å². The highest BCUT2D eigenvalue weighted by atomic mass is 19.3. The zero-order chi connectivity index (χ0) is 14.6. The Labute approximate surface area is 107 Å². The van der Waals surface area contributed by atoms with E-state index >= 15 is 0 Å². The van der Waals surface area contributed by atoms with Gasteiger partial charge in [0.05, 0.1) is 0 Å². The molecule has 0 aliphatic heterocycles. The highest BCUT2D eigenvalue weighted by Crippen LogP contribution is 2.28. The van der Waals surface area contributed by atoms with E-state index in [9.17, 15) is 22.4 Å². The standard InChI is InChI=1S/C12H13F4NO2/c1-3-17(8(2)18)9-4-6-10(7-5-9)19-12(15,16)11(13)14/h4-7,11H,3H2,1-2H3. The van der Waals surface area contributed by atoms with Crippen LogP contribution in [0.1, 0.15) is 13.8 Å². The molecular weight excluding hydrogens is 266 g/mol. The number of halogens is 4. The van der Waals surface area contributed by atoms with Gasteiger partial charge in [0.1, 0.15) is 5.75 Å². The number of rotatable bonds is 5. The van der Waals surface area contributed by atoms with E-state index in [1.807, 2.05) is 0 Å². The summed E-state index contributed by atoms with van der Waals surface area (Å²) in [5, 5.41) is 0. The van der Waals surface area contributed by atoms with E-state index in [0.717, 1.165) is 12.1 Å². The van der Waals surface area contributed by atoms with E-state index in [1.54, 1.807) is 6.92 Å². The molecule has 0 aliphatic rings. The van der Waals surface area contributed by atoms with E-state index in [4.69, 9.17) is 0 Å². The molecular formula is C12H13F4NO2. The monoisotopic (exact) mass is 279 g/mol. The van der Waals surface area contributed by atoms with Crippen molar-refractivity contribution in [2.24, 2.45) is 0 Å². The second kappa shape index (κ2) is 5.90. The lowest BCUT2D eigenvalue weighted by Crippen LogP contribution is -2.33. The van der Waals surface area contributed by atoms with E-state index in [-0.39, 0.29) is 5.91 Å². The molecule has 1 aromatic carbocycles. The first-order valence-corrected chi connectivity index (χ1v) is 5.51. The van der Waals surface area contributed by atoms with Gasteiger partial charge in [-0.15, -0.1) is 0 Å². The van der Waals surface area contributed by atoms with Gasteiger partial charge in [0.15, 0.2) is 0 Å². The smallest absolute Gasteiger partial charge is 0.428 e. The topological polar surface area (TPSA) is 29.5 Å². The second-order valence-electron chi connectivity index (χ2n) is 3.72. The van der Waals surface area contributed by atoms with Crippen LogP contribution in [-0.4, -0.2) is 25.0 Å². The highest BCUT2D eigenvalue weighted by molar-refractivity contribution is 5.91. The van der Waals surface area contributed by atoms with Gasteiger partial charge in [0.25, 0.3) is 0 Å². The zero-order valence-corrected chi connectivity index (χ0v) is 10.4. The number of alkyl halides is 4. The molecule has 106 valence electrons. The van der Waals surface area contributed by atoms with Gasteiger partial charge >= 0.3 is 12.5 Å². The third-order valence-corrected chi connectivity index (χ3v) is 2.35. The van der Waals surface area contributed by atoms with Crippen molar-refractivity contribution in [3.05, 3.63) is 24.3 Å². The van der Waals surface area contributed by atoms with Crippen molar-refractivity contribution in [3.63, 3.8) is 0 Å². The molecule has 0 heterocycles. The molecule has 3 nitrogen and oxygen atoms in total. The average molecular weight is 279 g/mol. The van der Waals surface area contributed by atoms with E-state index in [2.05, 4.69) is 4.74 Å². The van der Waals surface area contributed by atoms with Crippen molar-refractivity contribution in [3.8, 4) is 5.75 Å². The fourth-order valence-corrected chi connectivity index (χ4v) is 1.48. The summed E-state index contributed by atoms with van der Waals surface area (Å²) in [5.74, 6) is -0.609. The van der Waals surface area contributed by atoms with Crippen LogP contribution in [0.4, 0.5) is 23.2 Å². The molecule has 0 fully saturated rings. The van der Waals surface area contributed by atoms with Gasteiger partial charge in [0, 0.05) is 19.2 Å². The normalized spacial score (nSPS) is 11.5. The Kier molecular flexibility index (Phi) is 4.74. The lowest BCUT2D eigenvalue weighted by molar-refractivity contribution is -0.253. The molecule has 1 rings (SSSR count). The van der Waals surface area contributed by atoms with Crippen molar-refractivity contribution in [1.29, 1.82) is 0 Å². The molecule has 0 N–H and O–H groups in total. The Bertz CT molecular complexity index is 434. The minimum Gasteiger partial charge on any atom is -0.428 e. The Morgan fingerprint density at radius 2 is 1.84 bits per heavy atom. The van der Waals surface area contributed by atoms with Gasteiger partial charge in [-0.05, 0) is 31.2 Å². The maximum Gasteiger partial charge on any atom is 0.461 e. The number of hydrogen-bond donors (Lipinski definition) is 0. The SMILES string of the molecule is CCN(C(C)=O)c1ccc(OC(F)(F)C(F)F)cc1. The molecule has 0 bridgehead atoms. The van der Waals surface area contributed by atoms with Crippen LogP contribution in [0.15, 0.2) is 24.3 Å². The zero-order valence-electron chi connectivity index (χ0n) is 10.4. The first-order chi connectivity index (χ1) is 8.77. The van der Waals surface area contributed by atoms with Crippen LogP contribution in [0.3, 0.4) is 0 Å². The third-order valence-electron chi connectivity index (χ3n) is 2.35. The van der Waals surface area contributed by atoms with Crippen LogP contribution in [0.5, 0.6) is 5.75 Å².